The highest BCUT2D eigenvalue weighted by atomic mass is 32.2. The number of hydrogen-bond acceptors (Lipinski definition) is 4. The van der Waals surface area contributed by atoms with Crippen molar-refractivity contribution in [2.45, 2.75) is 17.1 Å². The Kier molecular flexibility index (Phi) is 4.94. The van der Waals surface area contributed by atoms with E-state index in [0.717, 1.165) is 24.3 Å². The van der Waals surface area contributed by atoms with E-state index >= 15 is 0 Å². The van der Waals surface area contributed by atoms with E-state index < -0.39 is 27.6 Å². The van der Waals surface area contributed by atoms with Crippen molar-refractivity contribution < 1.29 is 26.3 Å². The van der Waals surface area contributed by atoms with Crippen LogP contribution in [0.5, 0.6) is 0 Å². The van der Waals surface area contributed by atoms with Crippen LogP contribution >= 0.6 is 0 Å². The van der Waals surface area contributed by atoms with Gasteiger partial charge in [0.15, 0.2) is 9.84 Å². The van der Waals surface area contributed by atoms with E-state index in [4.69, 9.17) is 10.5 Å². The van der Waals surface area contributed by atoms with Crippen molar-refractivity contribution >= 4 is 9.84 Å². The number of ether oxygens (including phenoxy) is 1. The minimum atomic E-state index is -4.49. The van der Waals surface area contributed by atoms with Crippen molar-refractivity contribution in [1.29, 1.82) is 0 Å². The van der Waals surface area contributed by atoms with Gasteiger partial charge in [-0.05, 0) is 24.3 Å². The average Bonchev–Trinajstić information content (AvgIpc) is 2.27. The van der Waals surface area contributed by atoms with Crippen LogP contribution in [0.15, 0.2) is 29.2 Å². The topological polar surface area (TPSA) is 69.4 Å². The quantitative estimate of drug-likeness (QED) is 0.893. The van der Waals surface area contributed by atoms with E-state index in [9.17, 15) is 21.6 Å². The number of alkyl halides is 3. The van der Waals surface area contributed by atoms with E-state index in [1.807, 2.05) is 0 Å². The number of benzene rings is 1. The van der Waals surface area contributed by atoms with Gasteiger partial charge >= 0.3 is 6.18 Å². The van der Waals surface area contributed by atoms with Crippen molar-refractivity contribution in [1.82, 2.24) is 0 Å². The molecule has 2 N–H and O–H groups in total. The molecule has 1 unspecified atom stereocenters. The van der Waals surface area contributed by atoms with Gasteiger partial charge in [-0.3, -0.25) is 0 Å². The van der Waals surface area contributed by atoms with Crippen molar-refractivity contribution in [3.05, 3.63) is 29.8 Å². The average molecular weight is 297 g/mol. The maximum Gasteiger partial charge on any atom is 0.416 e. The highest BCUT2D eigenvalue weighted by Crippen LogP contribution is 2.29. The van der Waals surface area contributed by atoms with E-state index in [1.165, 1.54) is 7.11 Å². The summed E-state index contributed by atoms with van der Waals surface area (Å²) >= 11 is 0. The lowest BCUT2D eigenvalue weighted by molar-refractivity contribution is -0.137. The maximum absolute atomic E-state index is 12.3. The van der Waals surface area contributed by atoms with Gasteiger partial charge < -0.3 is 10.5 Å². The Labute approximate surface area is 109 Å². The molecule has 8 heteroatoms. The van der Waals surface area contributed by atoms with Gasteiger partial charge in [0, 0.05) is 13.2 Å². The highest BCUT2D eigenvalue weighted by Gasteiger charge is 2.30. The summed E-state index contributed by atoms with van der Waals surface area (Å²) < 4.78 is 65.5. The molecule has 0 fully saturated rings. The molecule has 108 valence electrons. The minimum absolute atomic E-state index is 0.0554. The van der Waals surface area contributed by atoms with Crippen LogP contribution in [-0.4, -0.2) is 33.9 Å². The van der Waals surface area contributed by atoms with Crippen molar-refractivity contribution in [2.75, 3.05) is 19.5 Å². The number of hydrogen-bond donors (Lipinski definition) is 1. The van der Waals surface area contributed by atoms with Gasteiger partial charge in [0.25, 0.3) is 0 Å². The zero-order valence-corrected chi connectivity index (χ0v) is 11.0. The maximum atomic E-state index is 12.3. The van der Waals surface area contributed by atoms with Crippen LogP contribution in [0.1, 0.15) is 5.56 Å². The fraction of sp³-hybridized carbons (Fsp3) is 0.455. The summed E-state index contributed by atoms with van der Waals surface area (Å²) in [5.41, 5.74) is 4.63. The summed E-state index contributed by atoms with van der Waals surface area (Å²) in [6, 6.07) is 2.59. The molecule has 1 aromatic carbocycles. The first kappa shape index (κ1) is 15.9. The molecule has 0 aromatic heterocycles. The second-order valence-electron chi connectivity index (χ2n) is 4.02. The standard InChI is InChI=1S/C11H14F3NO3S/c1-18-6-9(15)7-19(16,17)10-4-2-8(3-5-10)11(12,13)14/h2-5,9H,6-7,15H2,1H3. The molecule has 0 aliphatic carbocycles. The molecule has 0 amide bonds. The molecule has 4 nitrogen and oxygen atoms in total. The third-order valence-corrected chi connectivity index (χ3v) is 4.21. The first-order valence-corrected chi connectivity index (χ1v) is 6.96. The molecule has 19 heavy (non-hydrogen) atoms. The number of methoxy groups -OCH3 is 1. The molecule has 0 aliphatic heterocycles. The molecule has 0 radical (unpaired) electrons. The van der Waals surface area contributed by atoms with E-state index in [2.05, 4.69) is 0 Å². The Morgan fingerprint density at radius 1 is 1.26 bits per heavy atom. The predicted octanol–water partition coefficient (Wildman–Crippen LogP) is 1.45. The monoisotopic (exact) mass is 297 g/mol. The molecule has 0 spiro atoms. The molecular formula is C11H14F3NO3S. The van der Waals surface area contributed by atoms with Gasteiger partial charge in [-0.2, -0.15) is 13.2 Å². The number of rotatable bonds is 5. The SMILES string of the molecule is COCC(N)CS(=O)(=O)c1ccc(C(F)(F)F)cc1. The van der Waals surface area contributed by atoms with Crippen LogP contribution in [0, 0.1) is 0 Å². The molecular weight excluding hydrogens is 283 g/mol. The van der Waals surface area contributed by atoms with Gasteiger partial charge in [0.1, 0.15) is 0 Å². The Morgan fingerprint density at radius 3 is 2.21 bits per heavy atom. The zero-order chi connectivity index (χ0) is 14.7. The summed E-state index contributed by atoms with van der Waals surface area (Å²) in [6.07, 6.45) is -4.49. The molecule has 0 saturated carbocycles. The fourth-order valence-electron chi connectivity index (χ4n) is 1.49. The van der Waals surface area contributed by atoms with Crippen LogP contribution in [-0.2, 0) is 20.8 Å². The smallest absolute Gasteiger partial charge is 0.383 e. The lowest BCUT2D eigenvalue weighted by Crippen LogP contribution is -2.33. The highest BCUT2D eigenvalue weighted by molar-refractivity contribution is 7.91. The van der Waals surface area contributed by atoms with E-state index in [1.54, 1.807) is 0 Å². The van der Waals surface area contributed by atoms with Crippen molar-refractivity contribution in [2.24, 2.45) is 5.73 Å². The third-order valence-electron chi connectivity index (χ3n) is 2.35. The second kappa shape index (κ2) is 5.89. The first-order valence-electron chi connectivity index (χ1n) is 5.31. The normalized spacial score (nSPS) is 14.4. The molecule has 0 bridgehead atoms. The van der Waals surface area contributed by atoms with Gasteiger partial charge in [-0.15, -0.1) is 0 Å². The number of halogens is 3. The van der Waals surface area contributed by atoms with Gasteiger partial charge in [0.2, 0.25) is 0 Å². The van der Waals surface area contributed by atoms with Gasteiger partial charge in [-0.25, -0.2) is 8.42 Å². The van der Waals surface area contributed by atoms with Gasteiger partial charge in [0.05, 0.1) is 22.8 Å². The van der Waals surface area contributed by atoms with Crippen LogP contribution < -0.4 is 5.73 Å². The molecule has 0 saturated heterocycles. The number of nitrogens with two attached hydrogens (primary N) is 1. The molecule has 0 heterocycles. The Hall–Kier alpha value is -1.12. The third kappa shape index (κ3) is 4.48. The summed E-state index contributed by atoms with van der Waals surface area (Å²) in [6.45, 7) is 0.0554. The largest absolute Gasteiger partial charge is 0.416 e. The van der Waals surface area contributed by atoms with E-state index in [-0.39, 0.29) is 17.3 Å². The summed E-state index contributed by atoms with van der Waals surface area (Å²) in [5.74, 6) is -0.383. The van der Waals surface area contributed by atoms with Crippen LogP contribution in [0.3, 0.4) is 0 Å². The number of sulfone groups is 1. The lowest BCUT2D eigenvalue weighted by Gasteiger charge is -2.12. The van der Waals surface area contributed by atoms with Crippen LogP contribution in [0.25, 0.3) is 0 Å². The zero-order valence-electron chi connectivity index (χ0n) is 10.1. The van der Waals surface area contributed by atoms with Crippen LogP contribution in [0.2, 0.25) is 0 Å². The fourth-order valence-corrected chi connectivity index (χ4v) is 2.89. The Balaban J connectivity index is 2.91. The van der Waals surface area contributed by atoms with Crippen LogP contribution in [0.4, 0.5) is 13.2 Å². The molecule has 0 aliphatic rings. The molecule has 1 rings (SSSR count). The van der Waals surface area contributed by atoms with Crippen molar-refractivity contribution in [3.63, 3.8) is 0 Å². The summed E-state index contributed by atoms with van der Waals surface area (Å²) in [5, 5.41) is 0. The van der Waals surface area contributed by atoms with Crippen molar-refractivity contribution in [3.8, 4) is 0 Å². The minimum Gasteiger partial charge on any atom is -0.383 e. The Bertz CT molecular complexity index is 511. The predicted molar refractivity (Wildman–Crippen MR) is 63.3 cm³/mol. The second-order valence-corrected chi connectivity index (χ2v) is 6.05. The molecule has 1 atom stereocenters. The Morgan fingerprint density at radius 2 is 1.79 bits per heavy atom. The van der Waals surface area contributed by atoms with E-state index in [0.29, 0.717) is 0 Å². The summed E-state index contributed by atoms with van der Waals surface area (Å²) in [4.78, 5) is -0.188. The lowest BCUT2D eigenvalue weighted by atomic mass is 10.2. The molecule has 1 aromatic rings. The van der Waals surface area contributed by atoms with Gasteiger partial charge in [-0.1, -0.05) is 0 Å². The first-order chi connectivity index (χ1) is 8.66. The summed E-state index contributed by atoms with van der Waals surface area (Å²) in [7, 11) is -2.34.